The van der Waals surface area contributed by atoms with Crippen LogP contribution in [-0.4, -0.2) is 37.6 Å². The summed E-state index contributed by atoms with van der Waals surface area (Å²) in [7, 11) is -3.60. The SMILES string of the molecule is CCN(CC)S(=O)(=O)c1cccc(NC(=O)CCC2Cc3ccccc3NC2=O)c1. The van der Waals surface area contributed by atoms with Crippen molar-refractivity contribution in [2.24, 2.45) is 5.92 Å². The van der Waals surface area contributed by atoms with Crippen molar-refractivity contribution in [2.75, 3.05) is 23.7 Å². The van der Waals surface area contributed by atoms with E-state index in [1.165, 1.54) is 16.4 Å². The minimum atomic E-state index is -3.60. The lowest BCUT2D eigenvalue weighted by molar-refractivity contribution is -0.121. The molecular formula is C22H27N3O4S. The smallest absolute Gasteiger partial charge is 0.243 e. The van der Waals surface area contributed by atoms with Crippen LogP contribution in [0.2, 0.25) is 0 Å². The summed E-state index contributed by atoms with van der Waals surface area (Å²) in [5, 5.41) is 5.64. The van der Waals surface area contributed by atoms with Gasteiger partial charge in [-0.3, -0.25) is 9.59 Å². The van der Waals surface area contributed by atoms with Gasteiger partial charge in [0.25, 0.3) is 0 Å². The number of amides is 2. The number of hydrogen-bond acceptors (Lipinski definition) is 4. The average Bonchev–Trinajstić information content (AvgIpc) is 2.73. The lowest BCUT2D eigenvalue weighted by Crippen LogP contribution is -2.31. The summed E-state index contributed by atoms with van der Waals surface area (Å²) in [5.41, 5.74) is 2.32. The first-order valence-corrected chi connectivity index (χ1v) is 11.6. The van der Waals surface area contributed by atoms with Crippen LogP contribution in [0.15, 0.2) is 53.4 Å². The molecular weight excluding hydrogens is 402 g/mol. The van der Waals surface area contributed by atoms with Gasteiger partial charge in [0.1, 0.15) is 0 Å². The maximum absolute atomic E-state index is 12.7. The van der Waals surface area contributed by atoms with Crippen molar-refractivity contribution < 1.29 is 18.0 Å². The van der Waals surface area contributed by atoms with E-state index in [2.05, 4.69) is 10.6 Å². The van der Waals surface area contributed by atoms with Crippen molar-refractivity contribution in [2.45, 2.75) is 38.0 Å². The highest BCUT2D eigenvalue weighted by atomic mass is 32.2. The highest BCUT2D eigenvalue weighted by Gasteiger charge is 2.26. The molecule has 0 saturated heterocycles. The van der Waals surface area contributed by atoms with Gasteiger partial charge in [-0.2, -0.15) is 4.31 Å². The molecule has 8 heteroatoms. The molecule has 1 aliphatic rings. The van der Waals surface area contributed by atoms with E-state index in [0.717, 1.165) is 11.3 Å². The van der Waals surface area contributed by atoms with Gasteiger partial charge < -0.3 is 10.6 Å². The van der Waals surface area contributed by atoms with Gasteiger partial charge in [-0.05, 0) is 42.7 Å². The van der Waals surface area contributed by atoms with Gasteiger partial charge in [0, 0.05) is 36.8 Å². The molecule has 7 nitrogen and oxygen atoms in total. The van der Waals surface area contributed by atoms with E-state index in [0.29, 0.717) is 31.6 Å². The van der Waals surface area contributed by atoms with Gasteiger partial charge in [-0.15, -0.1) is 0 Å². The van der Waals surface area contributed by atoms with Crippen molar-refractivity contribution in [1.82, 2.24) is 4.31 Å². The Bertz CT molecular complexity index is 1030. The standard InChI is InChI=1S/C22H27N3O4S/c1-3-25(4-2)30(28,29)19-10-7-9-18(15-19)23-21(26)13-12-17-14-16-8-5-6-11-20(16)24-22(17)27/h5-11,15,17H,3-4,12-14H2,1-2H3,(H,23,26)(H,24,27). The molecule has 1 unspecified atom stereocenters. The van der Waals surface area contributed by atoms with Gasteiger partial charge >= 0.3 is 0 Å². The van der Waals surface area contributed by atoms with Crippen molar-refractivity contribution >= 4 is 33.2 Å². The summed E-state index contributed by atoms with van der Waals surface area (Å²) in [6, 6.07) is 13.9. The second-order valence-electron chi connectivity index (χ2n) is 7.25. The zero-order valence-electron chi connectivity index (χ0n) is 17.2. The van der Waals surface area contributed by atoms with E-state index in [-0.39, 0.29) is 29.0 Å². The Labute approximate surface area is 177 Å². The normalized spacial score (nSPS) is 16.1. The molecule has 2 aromatic rings. The molecule has 0 spiro atoms. The van der Waals surface area contributed by atoms with Gasteiger partial charge in [-0.1, -0.05) is 38.1 Å². The lowest BCUT2D eigenvalue weighted by atomic mass is 9.89. The van der Waals surface area contributed by atoms with Crippen LogP contribution in [0.3, 0.4) is 0 Å². The number of nitrogens with zero attached hydrogens (tertiary/aromatic N) is 1. The molecule has 0 radical (unpaired) electrons. The minimum Gasteiger partial charge on any atom is -0.326 e. The van der Waals surface area contributed by atoms with Gasteiger partial charge in [0.05, 0.1) is 4.90 Å². The van der Waals surface area contributed by atoms with Crippen LogP contribution in [0, 0.1) is 5.92 Å². The van der Waals surface area contributed by atoms with Crippen molar-refractivity contribution in [3.05, 3.63) is 54.1 Å². The number of hydrogen-bond donors (Lipinski definition) is 2. The Morgan fingerprint density at radius 3 is 2.60 bits per heavy atom. The average molecular weight is 430 g/mol. The maximum Gasteiger partial charge on any atom is 0.243 e. The van der Waals surface area contributed by atoms with Gasteiger partial charge in [0.15, 0.2) is 0 Å². The van der Waals surface area contributed by atoms with E-state index in [1.54, 1.807) is 26.0 Å². The van der Waals surface area contributed by atoms with Crippen LogP contribution in [0.4, 0.5) is 11.4 Å². The van der Waals surface area contributed by atoms with Gasteiger partial charge in [0.2, 0.25) is 21.8 Å². The number of carbonyl (C=O) groups is 2. The third kappa shape index (κ3) is 4.88. The van der Waals surface area contributed by atoms with E-state index in [1.807, 2.05) is 24.3 Å². The Morgan fingerprint density at radius 1 is 1.13 bits per heavy atom. The molecule has 1 aliphatic heterocycles. The molecule has 0 aliphatic carbocycles. The largest absolute Gasteiger partial charge is 0.326 e. The molecule has 0 bridgehead atoms. The number of fused-ring (bicyclic) bond motifs is 1. The zero-order chi connectivity index (χ0) is 21.7. The predicted octanol–water partition coefficient (Wildman–Crippen LogP) is 3.25. The molecule has 0 saturated carbocycles. The number of nitrogens with one attached hydrogen (secondary N) is 2. The Hall–Kier alpha value is -2.71. The summed E-state index contributed by atoms with van der Waals surface area (Å²) in [6.45, 7) is 4.32. The molecule has 0 aromatic heterocycles. The summed E-state index contributed by atoms with van der Waals surface area (Å²) in [6.07, 6.45) is 1.20. The first-order chi connectivity index (χ1) is 14.3. The Balaban J connectivity index is 1.61. The van der Waals surface area contributed by atoms with Crippen molar-refractivity contribution in [3.63, 3.8) is 0 Å². The third-order valence-electron chi connectivity index (χ3n) is 5.29. The van der Waals surface area contributed by atoms with Crippen LogP contribution in [0.1, 0.15) is 32.3 Å². The number of carbonyl (C=O) groups excluding carboxylic acids is 2. The minimum absolute atomic E-state index is 0.0752. The molecule has 3 rings (SSSR count). The first-order valence-electron chi connectivity index (χ1n) is 10.1. The van der Waals surface area contributed by atoms with Crippen LogP contribution in [0.5, 0.6) is 0 Å². The van der Waals surface area contributed by atoms with Crippen LogP contribution in [-0.2, 0) is 26.0 Å². The maximum atomic E-state index is 12.7. The zero-order valence-corrected chi connectivity index (χ0v) is 18.0. The molecule has 2 amide bonds. The summed E-state index contributed by atoms with van der Waals surface area (Å²) in [5.74, 6) is -0.590. The first kappa shape index (κ1) is 22.0. The second-order valence-corrected chi connectivity index (χ2v) is 9.19. The van der Waals surface area contributed by atoms with Crippen LogP contribution < -0.4 is 10.6 Å². The fourth-order valence-corrected chi connectivity index (χ4v) is 5.13. The highest BCUT2D eigenvalue weighted by Crippen LogP contribution is 2.27. The number of rotatable bonds is 8. The monoisotopic (exact) mass is 429 g/mol. The number of benzene rings is 2. The van der Waals surface area contributed by atoms with Gasteiger partial charge in [-0.25, -0.2) is 8.42 Å². The summed E-state index contributed by atoms with van der Waals surface area (Å²) < 4.78 is 26.7. The fraction of sp³-hybridized carbons (Fsp3) is 0.364. The topological polar surface area (TPSA) is 95.6 Å². The highest BCUT2D eigenvalue weighted by molar-refractivity contribution is 7.89. The summed E-state index contributed by atoms with van der Waals surface area (Å²) in [4.78, 5) is 24.8. The lowest BCUT2D eigenvalue weighted by Gasteiger charge is -2.24. The summed E-state index contributed by atoms with van der Waals surface area (Å²) >= 11 is 0. The third-order valence-corrected chi connectivity index (χ3v) is 7.34. The molecule has 2 aromatic carbocycles. The molecule has 30 heavy (non-hydrogen) atoms. The van der Waals surface area contributed by atoms with Crippen molar-refractivity contribution in [1.29, 1.82) is 0 Å². The quantitative estimate of drug-likeness (QED) is 0.673. The Morgan fingerprint density at radius 2 is 1.87 bits per heavy atom. The fourth-order valence-electron chi connectivity index (χ4n) is 3.62. The molecule has 0 fully saturated rings. The van der Waals surface area contributed by atoms with Crippen molar-refractivity contribution in [3.8, 4) is 0 Å². The molecule has 1 atom stereocenters. The Kier molecular flexibility index (Phi) is 6.89. The van der Waals surface area contributed by atoms with E-state index in [9.17, 15) is 18.0 Å². The van der Waals surface area contributed by atoms with Crippen LogP contribution in [0.25, 0.3) is 0 Å². The predicted molar refractivity (Wildman–Crippen MR) is 117 cm³/mol. The molecule has 1 heterocycles. The molecule has 2 N–H and O–H groups in total. The molecule has 160 valence electrons. The number of anilines is 2. The number of para-hydroxylation sites is 1. The van der Waals surface area contributed by atoms with E-state index >= 15 is 0 Å². The van der Waals surface area contributed by atoms with E-state index < -0.39 is 10.0 Å². The number of sulfonamides is 1. The van der Waals surface area contributed by atoms with Crippen LogP contribution >= 0.6 is 0 Å². The second kappa shape index (κ2) is 9.40. The van der Waals surface area contributed by atoms with E-state index in [4.69, 9.17) is 0 Å².